The van der Waals surface area contributed by atoms with Gasteiger partial charge in [-0.25, -0.2) is 15.6 Å². The molecule has 3 rings (SSSR count). The lowest BCUT2D eigenvalue weighted by molar-refractivity contribution is -0.139. The van der Waals surface area contributed by atoms with Gasteiger partial charge in [0.05, 0.1) is 11.4 Å². The number of hydrogen-bond donors (Lipinski definition) is 2. The van der Waals surface area contributed by atoms with E-state index in [9.17, 15) is 18.0 Å². The largest absolute Gasteiger partial charge is 0.474 e. The summed E-state index contributed by atoms with van der Waals surface area (Å²) >= 11 is 0. The van der Waals surface area contributed by atoms with E-state index in [-0.39, 0.29) is 35.7 Å². The van der Waals surface area contributed by atoms with Gasteiger partial charge in [0.1, 0.15) is 18.3 Å². The quantitative estimate of drug-likeness (QED) is 0.439. The molecule has 2 saturated carbocycles. The molecule has 1 heterocycles. The van der Waals surface area contributed by atoms with Crippen LogP contribution in [0.15, 0.2) is 18.0 Å². The van der Waals surface area contributed by atoms with Crippen LogP contribution in [0.4, 0.5) is 18.0 Å². The molecule has 0 atom stereocenters. The molecule has 0 saturated heterocycles. The molecule has 2 fully saturated rings. The van der Waals surface area contributed by atoms with E-state index in [1.54, 1.807) is 7.05 Å². The molecule has 1 amide bonds. The van der Waals surface area contributed by atoms with Crippen molar-refractivity contribution < 1.29 is 27.4 Å². The summed E-state index contributed by atoms with van der Waals surface area (Å²) in [6.07, 6.45) is 3.93. The van der Waals surface area contributed by atoms with Crippen LogP contribution in [0.3, 0.4) is 0 Å². The summed E-state index contributed by atoms with van der Waals surface area (Å²) in [6.45, 7) is -0.295. The summed E-state index contributed by atoms with van der Waals surface area (Å²) in [5.41, 5.74) is 5.27. The Labute approximate surface area is 198 Å². The van der Waals surface area contributed by atoms with Crippen LogP contribution in [0.1, 0.15) is 68.9 Å². The predicted molar refractivity (Wildman–Crippen MR) is 121 cm³/mol. The first-order chi connectivity index (χ1) is 16.1. The normalized spacial score (nSPS) is 18.4. The van der Waals surface area contributed by atoms with Crippen molar-refractivity contribution in [2.75, 3.05) is 20.7 Å². The highest BCUT2D eigenvalue weighted by Gasteiger charge is 2.37. The van der Waals surface area contributed by atoms with Crippen molar-refractivity contribution in [1.29, 1.82) is 0 Å². The number of amides is 1. The maximum absolute atomic E-state index is 13.8. The molecule has 4 N–H and O–H groups in total. The minimum Gasteiger partial charge on any atom is -0.474 e. The lowest BCUT2D eigenvalue weighted by Crippen LogP contribution is -2.37. The molecule has 2 aliphatic carbocycles. The molecular formula is C23H34F3N5O3. The third-order valence-electron chi connectivity index (χ3n) is 6.53. The van der Waals surface area contributed by atoms with Crippen LogP contribution in [0.2, 0.25) is 0 Å². The van der Waals surface area contributed by atoms with Gasteiger partial charge in [-0.2, -0.15) is 13.2 Å². The van der Waals surface area contributed by atoms with Crippen molar-refractivity contribution in [3.8, 4) is 5.88 Å². The maximum Gasteiger partial charge on any atom is 0.421 e. The van der Waals surface area contributed by atoms with Gasteiger partial charge in [-0.1, -0.05) is 19.3 Å². The lowest BCUT2D eigenvalue weighted by Gasteiger charge is -2.26. The van der Waals surface area contributed by atoms with Crippen molar-refractivity contribution in [1.82, 2.24) is 14.9 Å². The summed E-state index contributed by atoms with van der Waals surface area (Å²) in [6, 6.07) is 1.01. The predicted octanol–water partition coefficient (Wildman–Crippen LogP) is 4.26. The Kier molecular flexibility index (Phi) is 8.51. The maximum atomic E-state index is 13.8. The summed E-state index contributed by atoms with van der Waals surface area (Å²) in [5.74, 6) is 5.40. The van der Waals surface area contributed by atoms with Gasteiger partial charge in [-0.15, -0.1) is 0 Å². The van der Waals surface area contributed by atoms with Crippen molar-refractivity contribution in [2.24, 2.45) is 11.6 Å². The first-order valence-electron chi connectivity index (χ1n) is 11.7. The SMILES string of the molecule is CN(N)/C(COC(=O)N(C)C1CCCC1)=C(\N)c1cnc(OC2CCCCC2)c(C(F)(F)F)c1. The molecule has 0 aromatic carbocycles. The smallest absolute Gasteiger partial charge is 0.421 e. The average molecular weight is 486 g/mol. The van der Waals surface area contributed by atoms with E-state index in [0.717, 1.165) is 56.0 Å². The van der Waals surface area contributed by atoms with E-state index in [4.69, 9.17) is 21.1 Å². The van der Waals surface area contributed by atoms with E-state index in [0.29, 0.717) is 12.8 Å². The summed E-state index contributed by atoms with van der Waals surface area (Å²) in [4.78, 5) is 17.9. The first-order valence-corrected chi connectivity index (χ1v) is 11.7. The Morgan fingerprint density at radius 3 is 2.32 bits per heavy atom. The number of alkyl halides is 3. The summed E-state index contributed by atoms with van der Waals surface area (Å²) in [5, 5.41) is 1.12. The number of carbonyl (C=O) groups is 1. The van der Waals surface area contributed by atoms with Crippen molar-refractivity contribution >= 4 is 11.8 Å². The molecule has 0 spiro atoms. The highest BCUT2D eigenvalue weighted by Crippen LogP contribution is 2.38. The third-order valence-corrected chi connectivity index (χ3v) is 6.53. The summed E-state index contributed by atoms with van der Waals surface area (Å²) < 4.78 is 52.4. The molecule has 0 unspecified atom stereocenters. The van der Waals surface area contributed by atoms with Gasteiger partial charge in [0.25, 0.3) is 0 Å². The van der Waals surface area contributed by atoms with E-state index >= 15 is 0 Å². The number of ether oxygens (including phenoxy) is 2. The summed E-state index contributed by atoms with van der Waals surface area (Å²) in [7, 11) is 3.14. The highest BCUT2D eigenvalue weighted by molar-refractivity contribution is 5.70. The zero-order valence-corrected chi connectivity index (χ0v) is 19.7. The van der Waals surface area contributed by atoms with Crippen LogP contribution < -0.4 is 16.3 Å². The van der Waals surface area contributed by atoms with Gasteiger partial charge in [-0.3, -0.25) is 0 Å². The van der Waals surface area contributed by atoms with Crippen LogP contribution in [-0.4, -0.2) is 53.8 Å². The Morgan fingerprint density at radius 2 is 1.74 bits per heavy atom. The average Bonchev–Trinajstić information content (AvgIpc) is 3.33. The Bertz CT molecular complexity index is 879. The van der Waals surface area contributed by atoms with Gasteiger partial charge in [0, 0.05) is 31.9 Å². The van der Waals surface area contributed by atoms with Gasteiger partial charge < -0.3 is 25.1 Å². The van der Waals surface area contributed by atoms with Crippen LogP contribution >= 0.6 is 0 Å². The van der Waals surface area contributed by atoms with Crippen molar-refractivity contribution in [2.45, 2.75) is 76.1 Å². The minimum absolute atomic E-state index is 0.0100. The number of halogens is 3. The van der Waals surface area contributed by atoms with Crippen molar-refractivity contribution in [3.05, 3.63) is 29.1 Å². The zero-order chi connectivity index (χ0) is 24.9. The lowest BCUT2D eigenvalue weighted by atomic mass is 9.98. The number of carbonyl (C=O) groups excluding carboxylic acids is 1. The van der Waals surface area contributed by atoms with Crippen LogP contribution in [0.25, 0.3) is 5.70 Å². The second-order valence-corrected chi connectivity index (χ2v) is 9.03. The molecule has 1 aromatic rings. The van der Waals surface area contributed by atoms with Gasteiger partial charge in [-0.05, 0) is 44.6 Å². The van der Waals surface area contributed by atoms with Crippen molar-refractivity contribution in [3.63, 3.8) is 0 Å². The highest BCUT2D eigenvalue weighted by atomic mass is 19.4. The fourth-order valence-electron chi connectivity index (χ4n) is 4.45. The topological polar surface area (TPSA) is 107 Å². The Balaban J connectivity index is 1.81. The van der Waals surface area contributed by atoms with Gasteiger partial charge in [0.15, 0.2) is 0 Å². The number of likely N-dealkylation sites (N-methyl/N-ethyl adjacent to an activating group) is 1. The van der Waals surface area contributed by atoms with E-state index < -0.39 is 23.7 Å². The number of rotatable bonds is 7. The van der Waals surface area contributed by atoms with E-state index in [2.05, 4.69) is 4.98 Å². The fourth-order valence-corrected chi connectivity index (χ4v) is 4.45. The fraction of sp³-hybridized carbons (Fsp3) is 0.652. The first kappa shape index (κ1) is 25.9. The van der Waals surface area contributed by atoms with Crippen LogP contribution in [0, 0.1) is 0 Å². The Morgan fingerprint density at radius 1 is 1.12 bits per heavy atom. The number of aromatic nitrogens is 1. The standard InChI is InChI=1S/C23H34F3N5O3/c1-30(16-8-6-7-9-16)22(32)33-14-19(31(2)28)20(27)15-12-18(23(24,25)26)21(29-13-15)34-17-10-4-3-5-11-17/h12-13,16-17H,3-11,14,27-28H2,1-2H3/b20-19-. The number of nitrogens with zero attached hydrogens (tertiary/aromatic N) is 3. The molecular weight excluding hydrogens is 451 g/mol. The molecule has 0 aliphatic heterocycles. The zero-order valence-electron chi connectivity index (χ0n) is 19.7. The number of hydrogen-bond acceptors (Lipinski definition) is 7. The van der Waals surface area contributed by atoms with E-state index in [1.165, 1.54) is 18.1 Å². The van der Waals surface area contributed by atoms with E-state index in [1.807, 2.05) is 0 Å². The number of nitrogens with two attached hydrogens (primary N) is 2. The molecule has 190 valence electrons. The molecule has 2 aliphatic rings. The molecule has 1 aromatic heterocycles. The molecule has 11 heteroatoms. The second-order valence-electron chi connectivity index (χ2n) is 9.03. The minimum atomic E-state index is -4.68. The molecule has 34 heavy (non-hydrogen) atoms. The third kappa shape index (κ3) is 6.46. The number of pyridine rings is 1. The Hall–Kier alpha value is -2.69. The van der Waals surface area contributed by atoms with Crippen LogP contribution in [0.5, 0.6) is 5.88 Å². The van der Waals surface area contributed by atoms with Gasteiger partial charge in [0.2, 0.25) is 5.88 Å². The monoisotopic (exact) mass is 485 g/mol. The molecule has 0 radical (unpaired) electrons. The van der Waals surface area contributed by atoms with Crippen LogP contribution in [-0.2, 0) is 10.9 Å². The second kappa shape index (κ2) is 11.2. The number of hydrazine groups is 1. The molecule has 0 bridgehead atoms. The van der Waals surface area contributed by atoms with Gasteiger partial charge >= 0.3 is 12.3 Å². The molecule has 8 nitrogen and oxygen atoms in total.